The smallest absolute Gasteiger partial charge is 0.119 e. The third-order valence-corrected chi connectivity index (χ3v) is 5.01. The second kappa shape index (κ2) is 4.38. The predicted molar refractivity (Wildman–Crippen MR) is 76.6 cm³/mol. The highest BCUT2D eigenvalue weighted by Crippen LogP contribution is 2.46. The van der Waals surface area contributed by atoms with Gasteiger partial charge < -0.3 is 10.1 Å². The van der Waals surface area contributed by atoms with E-state index in [0.717, 1.165) is 30.7 Å². The molecule has 1 fully saturated rings. The fourth-order valence-corrected chi connectivity index (χ4v) is 4.13. The number of hydrogen-bond donors (Lipinski definition) is 1. The molecule has 1 heterocycles. The summed E-state index contributed by atoms with van der Waals surface area (Å²) in [5.74, 6) is 3.17. The maximum atomic E-state index is 5.67. The van der Waals surface area contributed by atoms with E-state index in [0.29, 0.717) is 12.0 Å². The van der Waals surface area contributed by atoms with Gasteiger partial charge in [0.25, 0.3) is 0 Å². The maximum absolute atomic E-state index is 5.67. The molecule has 0 aromatic heterocycles. The van der Waals surface area contributed by atoms with Gasteiger partial charge in [0.05, 0.1) is 6.61 Å². The zero-order chi connectivity index (χ0) is 12.8. The Balaban J connectivity index is 1.77. The molecule has 19 heavy (non-hydrogen) atoms. The molecule has 4 unspecified atom stereocenters. The molecule has 1 aliphatic heterocycles. The summed E-state index contributed by atoms with van der Waals surface area (Å²) in [6, 6.07) is 7.35. The summed E-state index contributed by atoms with van der Waals surface area (Å²) in [6.45, 7) is 3.96. The first-order valence-electron chi connectivity index (χ1n) is 7.52. The van der Waals surface area contributed by atoms with Crippen molar-refractivity contribution < 1.29 is 4.74 Å². The minimum Gasteiger partial charge on any atom is -0.494 e. The molecule has 4 atom stereocenters. The van der Waals surface area contributed by atoms with Gasteiger partial charge in [-0.05, 0) is 54.9 Å². The second-order valence-electron chi connectivity index (χ2n) is 6.08. The van der Waals surface area contributed by atoms with Gasteiger partial charge in [-0.3, -0.25) is 0 Å². The summed E-state index contributed by atoms with van der Waals surface area (Å²) in [6.07, 6.45) is 7.42. The minimum atomic E-state index is 0.596. The molecule has 4 rings (SSSR count). The van der Waals surface area contributed by atoms with Crippen LogP contribution >= 0.6 is 0 Å². The van der Waals surface area contributed by atoms with Gasteiger partial charge in [0.1, 0.15) is 5.75 Å². The average Bonchev–Trinajstić information content (AvgIpc) is 2.46. The molecule has 100 valence electrons. The molecule has 2 nitrogen and oxygen atoms in total. The zero-order valence-corrected chi connectivity index (χ0v) is 11.4. The van der Waals surface area contributed by atoms with E-state index in [1.54, 1.807) is 0 Å². The van der Waals surface area contributed by atoms with Crippen molar-refractivity contribution in [2.45, 2.75) is 31.7 Å². The van der Waals surface area contributed by atoms with E-state index in [4.69, 9.17) is 4.74 Å². The lowest BCUT2D eigenvalue weighted by molar-refractivity contribution is 0.199. The number of ether oxygens (including phenoxy) is 1. The third-order valence-electron chi connectivity index (χ3n) is 5.01. The highest BCUT2D eigenvalue weighted by Gasteiger charge is 2.41. The Labute approximate surface area is 114 Å². The molecule has 0 radical (unpaired) electrons. The SMILES string of the molecule is CCOc1ccc2c(c1)C1C=CC3CNC(C2)C1C3. The summed E-state index contributed by atoms with van der Waals surface area (Å²) in [4.78, 5) is 0. The van der Waals surface area contributed by atoms with E-state index >= 15 is 0 Å². The van der Waals surface area contributed by atoms with Crippen LogP contribution in [0.5, 0.6) is 5.75 Å². The fraction of sp³-hybridized carbons (Fsp3) is 0.529. The van der Waals surface area contributed by atoms with Crippen LogP contribution in [0.3, 0.4) is 0 Å². The van der Waals surface area contributed by atoms with Crippen molar-refractivity contribution in [1.82, 2.24) is 5.32 Å². The minimum absolute atomic E-state index is 0.596. The molecule has 2 aliphatic carbocycles. The van der Waals surface area contributed by atoms with Crippen LogP contribution in [0.4, 0.5) is 0 Å². The van der Waals surface area contributed by atoms with Crippen LogP contribution < -0.4 is 10.1 Å². The Morgan fingerprint density at radius 1 is 1.32 bits per heavy atom. The van der Waals surface area contributed by atoms with Crippen molar-refractivity contribution in [2.24, 2.45) is 11.8 Å². The first kappa shape index (κ1) is 11.5. The second-order valence-corrected chi connectivity index (χ2v) is 6.08. The van der Waals surface area contributed by atoms with E-state index in [9.17, 15) is 0 Å². The number of piperidine rings is 1. The third kappa shape index (κ3) is 1.81. The lowest BCUT2D eigenvalue weighted by Crippen LogP contribution is -2.51. The molecule has 3 aliphatic rings. The molecule has 0 spiro atoms. The van der Waals surface area contributed by atoms with Crippen molar-refractivity contribution >= 4 is 0 Å². The summed E-state index contributed by atoms with van der Waals surface area (Å²) in [5, 5.41) is 3.75. The van der Waals surface area contributed by atoms with Gasteiger partial charge in [-0.1, -0.05) is 18.2 Å². The molecule has 2 bridgehead atoms. The Kier molecular flexibility index (Phi) is 2.66. The first-order valence-corrected chi connectivity index (χ1v) is 7.52. The van der Waals surface area contributed by atoms with E-state index in [-0.39, 0.29) is 0 Å². The largest absolute Gasteiger partial charge is 0.494 e. The topological polar surface area (TPSA) is 21.3 Å². The van der Waals surface area contributed by atoms with Crippen LogP contribution in [0.1, 0.15) is 30.4 Å². The summed E-state index contributed by atoms with van der Waals surface area (Å²) >= 11 is 0. The Hall–Kier alpha value is -1.28. The van der Waals surface area contributed by atoms with Crippen molar-refractivity contribution in [1.29, 1.82) is 0 Å². The normalized spacial score (nSPS) is 34.8. The zero-order valence-electron chi connectivity index (χ0n) is 11.4. The van der Waals surface area contributed by atoms with Gasteiger partial charge in [0.2, 0.25) is 0 Å². The number of rotatable bonds is 2. The average molecular weight is 255 g/mol. The lowest BCUT2D eigenvalue weighted by Gasteiger charge is -2.46. The van der Waals surface area contributed by atoms with Crippen LogP contribution in [0.25, 0.3) is 0 Å². The van der Waals surface area contributed by atoms with Crippen LogP contribution in [0.2, 0.25) is 0 Å². The highest BCUT2D eigenvalue weighted by molar-refractivity contribution is 5.44. The van der Waals surface area contributed by atoms with Gasteiger partial charge in [0.15, 0.2) is 0 Å². The van der Waals surface area contributed by atoms with Gasteiger partial charge in [-0.15, -0.1) is 0 Å². The van der Waals surface area contributed by atoms with E-state index in [1.807, 2.05) is 6.92 Å². The molecule has 0 saturated carbocycles. The summed E-state index contributed by atoms with van der Waals surface area (Å²) < 4.78 is 5.67. The van der Waals surface area contributed by atoms with Crippen LogP contribution in [0.15, 0.2) is 30.4 Å². The Bertz CT molecular complexity index is 522. The molecule has 2 heteroatoms. The van der Waals surface area contributed by atoms with Crippen molar-refractivity contribution in [3.63, 3.8) is 0 Å². The van der Waals surface area contributed by atoms with Gasteiger partial charge in [-0.2, -0.15) is 0 Å². The predicted octanol–water partition coefficient (Wildman–Crippen LogP) is 2.89. The number of hydrogen-bond acceptors (Lipinski definition) is 2. The summed E-state index contributed by atoms with van der Waals surface area (Å²) in [5.41, 5.74) is 3.01. The summed E-state index contributed by atoms with van der Waals surface area (Å²) in [7, 11) is 0. The molecule has 1 saturated heterocycles. The van der Waals surface area contributed by atoms with Crippen molar-refractivity contribution in [3.05, 3.63) is 41.5 Å². The van der Waals surface area contributed by atoms with E-state index in [2.05, 4.69) is 35.7 Å². The van der Waals surface area contributed by atoms with Gasteiger partial charge >= 0.3 is 0 Å². The van der Waals surface area contributed by atoms with Crippen molar-refractivity contribution in [3.8, 4) is 5.75 Å². The van der Waals surface area contributed by atoms with Gasteiger partial charge in [-0.25, -0.2) is 0 Å². The fourth-order valence-electron chi connectivity index (χ4n) is 4.13. The van der Waals surface area contributed by atoms with E-state index < -0.39 is 0 Å². The first-order chi connectivity index (χ1) is 9.35. The molecule has 1 aromatic rings. The quantitative estimate of drug-likeness (QED) is 0.820. The lowest BCUT2D eigenvalue weighted by atomic mass is 9.64. The maximum Gasteiger partial charge on any atom is 0.119 e. The molecule has 1 aromatic carbocycles. The molecular formula is C17H21NO. The van der Waals surface area contributed by atoms with Crippen LogP contribution in [0, 0.1) is 11.8 Å². The highest BCUT2D eigenvalue weighted by atomic mass is 16.5. The number of fused-ring (bicyclic) bond motifs is 3. The number of benzene rings is 1. The van der Waals surface area contributed by atoms with Crippen LogP contribution in [-0.2, 0) is 6.42 Å². The van der Waals surface area contributed by atoms with E-state index in [1.165, 1.54) is 24.0 Å². The molecular weight excluding hydrogens is 234 g/mol. The van der Waals surface area contributed by atoms with Crippen LogP contribution in [-0.4, -0.2) is 19.2 Å². The Morgan fingerprint density at radius 3 is 3.16 bits per heavy atom. The number of allylic oxidation sites excluding steroid dienone is 1. The Morgan fingerprint density at radius 2 is 2.26 bits per heavy atom. The molecule has 1 N–H and O–H groups in total. The molecule has 0 amide bonds. The van der Waals surface area contributed by atoms with Crippen molar-refractivity contribution in [2.75, 3.05) is 13.2 Å². The monoisotopic (exact) mass is 255 g/mol. The van der Waals surface area contributed by atoms with Gasteiger partial charge in [0, 0.05) is 18.5 Å². The number of nitrogens with one attached hydrogen (secondary N) is 1. The standard InChI is InChI=1S/C17H21NO/c1-2-19-13-5-4-12-8-17-16-7-11(10-18-17)3-6-14(16)15(12)9-13/h3-6,9,11,14,16-18H,2,7-8,10H2,1H3.